The minimum atomic E-state index is -3.85. The lowest BCUT2D eigenvalue weighted by Gasteiger charge is -2.19. The molecule has 0 aliphatic carbocycles. The van der Waals surface area contributed by atoms with Crippen LogP contribution in [-0.4, -0.2) is 37.4 Å². The molecule has 10 heteroatoms. The molecule has 3 aromatic rings. The van der Waals surface area contributed by atoms with E-state index in [1.54, 1.807) is 38.1 Å². The van der Waals surface area contributed by atoms with Gasteiger partial charge in [-0.1, -0.05) is 18.2 Å². The van der Waals surface area contributed by atoms with Crippen molar-refractivity contribution in [2.45, 2.75) is 45.8 Å². The number of para-hydroxylation sites is 1. The van der Waals surface area contributed by atoms with E-state index < -0.39 is 21.7 Å². The van der Waals surface area contributed by atoms with Crippen LogP contribution in [0.4, 0.5) is 5.69 Å². The summed E-state index contributed by atoms with van der Waals surface area (Å²) in [7, 11) is -3.85. The zero-order chi connectivity index (χ0) is 27.9. The van der Waals surface area contributed by atoms with Crippen LogP contribution in [0.1, 0.15) is 43.1 Å². The highest BCUT2D eigenvalue weighted by atomic mass is 32.2. The molecule has 0 fully saturated rings. The van der Waals surface area contributed by atoms with Crippen molar-refractivity contribution < 1.29 is 32.8 Å². The third kappa shape index (κ3) is 5.62. The smallest absolute Gasteiger partial charge is 0.330 e. The Morgan fingerprint density at radius 3 is 2.38 bits per heavy atom. The maximum absolute atomic E-state index is 12.1. The quantitative estimate of drug-likeness (QED) is 0.359. The van der Waals surface area contributed by atoms with Crippen LogP contribution in [0.2, 0.25) is 0 Å². The van der Waals surface area contributed by atoms with E-state index in [1.165, 1.54) is 0 Å². The molecule has 2 aliphatic heterocycles. The SMILES string of the molecule is Cc1cc(OCCC(C)(C)O)cc(C)c1-c1cccc2c1OC[C@H]2Oc1ccc(N2C=C(O)NS2(=O)=O)cc1. The molecule has 206 valence electrons. The number of nitrogens with one attached hydrogen (secondary N) is 1. The normalized spacial score (nSPS) is 17.7. The Kier molecular flexibility index (Phi) is 6.86. The van der Waals surface area contributed by atoms with Crippen molar-refractivity contribution in [3.63, 3.8) is 0 Å². The molecule has 0 amide bonds. The van der Waals surface area contributed by atoms with E-state index in [0.717, 1.165) is 49.8 Å². The second kappa shape index (κ2) is 10.0. The Morgan fingerprint density at radius 1 is 1.08 bits per heavy atom. The molecule has 0 unspecified atom stereocenters. The molecule has 3 aromatic carbocycles. The molecule has 39 heavy (non-hydrogen) atoms. The largest absolute Gasteiger partial charge is 0.493 e. The minimum Gasteiger partial charge on any atom is -0.493 e. The zero-order valence-electron chi connectivity index (χ0n) is 22.3. The summed E-state index contributed by atoms with van der Waals surface area (Å²) in [5, 5.41) is 19.5. The molecule has 0 aromatic heterocycles. The molecule has 0 spiro atoms. The van der Waals surface area contributed by atoms with Gasteiger partial charge in [-0.2, -0.15) is 8.42 Å². The standard InChI is InChI=1S/C29H32N2O7S/c1-18-14-22(36-13-12-29(3,4)33)15-19(2)27(18)24-7-5-6-23-25(17-37-28(23)24)38-21-10-8-20(9-11-21)31-16-26(32)30-39(31,34)35/h5-11,14-16,25,30,32-33H,12-13,17H2,1-4H3/t25-/m1/s1. The van der Waals surface area contributed by atoms with Crippen molar-refractivity contribution >= 4 is 15.9 Å². The van der Waals surface area contributed by atoms with Crippen LogP contribution in [0.3, 0.4) is 0 Å². The summed E-state index contributed by atoms with van der Waals surface area (Å²) in [6.45, 7) is 8.38. The Hall–Kier alpha value is -3.89. The van der Waals surface area contributed by atoms with Gasteiger partial charge in [0.25, 0.3) is 0 Å². The number of aryl methyl sites for hydroxylation is 2. The van der Waals surface area contributed by atoms with E-state index in [9.17, 15) is 18.6 Å². The number of nitrogens with zero attached hydrogens (tertiary/aromatic N) is 1. The van der Waals surface area contributed by atoms with Crippen molar-refractivity contribution in [1.82, 2.24) is 4.72 Å². The number of ether oxygens (including phenoxy) is 3. The number of anilines is 1. The van der Waals surface area contributed by atoms with Crippen LogP contribution in [0, 0.1) is 13.8 Å². The third-order valence-corrected chi connectivity index (χ3v) is 7.93. The molecule has 2 heterocycles. The number of hydrogen-bond acceptors (Lipinski definition) is 7. The van der Waals surface area contributed by atoms with Gasteiger partial charge in [0, 0.05) is 17.5 Å². The molecular weight excluding hydrogens is 520 g/mol. The average Bonchev–Trinajstić information content (AvgIpc) is 3.37. The summed E-state index contributed by atoms with van der Waals surface area (Å²) in [6, 6.07) is 16.6. The molecule has 9 nitrogen and oxygen atoms in total. The number of rotatable bonds is 8. The van der Waals surface area contributed by atoms with Crippen LogP contribution in [0.25, 0.3) is 11.1 Å². The predicted octanol–water partition coefficient (Wildman–Crippen LogP) is 5.03. The summed E-state index contributed by atoms with van der Waals surface area (Å²) >= 11 is 0. The van der Waals surface area contributed by atoms with Gasteiger partial charge in [0.05, 0.1) is 24.1 Å². The molecule has 1 atom stereocenters. The number of benzene rings is 3. The first-order valence-electron chi connectivity index (χ1n) is 12.6. The highest BCUT2D eigenvalue weighted by molar-refractivity contribution is 7.91. The maximum atomic E-state index is 12.1. The first-order chi connectivity index (χ1) is 18.4. The number of aliphatic hydroxyl groups excluding tert-OH is 1. The molecule has 0 radical (unpaired) electrons. The van der Waals surface area contributed by atoms with Gasteiger partial charge in [-0.15, -0.1) is 0 Å². The van der Waals surface area contributed by atoms with Gasteiger partial charge in [0.15, 0.2) is 6.10 Å². The lowest BCUT2D eigenvalue weighted by molar-refractivity contribution is 0.0553. The van der Waals surface area contributed by atoms with Gasteiger partial charge in [0.1, 0.15) is 23.9 Å². The number of hydrogen-bond donors (Lipinski definition) is 3. The fourth-order valence-electron chi connectivity index (χ4n) is 4.80. The van der Waals surface area contributed by atoms with E-state index in [-0.39, 0.29) is 6.10 Å². The highest BCUT2D eigenvalue weighted by Crippen LogP contribution is 2.45. The second-order valence-corrected chi connectivity index (χ2v) is 11.9. The van der Waals surface area contributed by atoms with Crippen molar-refractivity contribution in [2.24, 2.45) is 0 Å². The van der Waals surface area contributed by atoms with Crippen LogP contribution < -0.4 is 23.2 Å². The molecule has 0 saturated carbocycles. The lowest BCUT2D eigenvalue weighted by atomic mass is 9.93. The summed E-state index contributed by atoms with van der Waals surface area (Å²) in [5.41, 5.74) is 4.67. The third-order valence-electron chi connectivity index (χ3n) is 6.63. The van der Waals surface area contributed by atoms with Crippen LogP contribution in [0.5, 0.6) is 17.2 Å². The van der Waals surface area contributed by atoms with Gasteiger partial charge in [-0.3, -0.25) is 0 Å². The maximum Gasteiger partial charge on any atom is 0.330 e. The van der Waals surface area contributed by atoms with Crippen LogP contribution >= 0.6 is 0 Å². The number of fused-ring (bicyclic) bond motifs is 1. The minimum absolute atomic E-state index is 0.336. The second-order valence-electron chi connectivity index (χ2n) is 10.4. The van der Waals surface area contributed by atoms with Crippen molar-refractivity contribution in [3.8, 4) is 28.4 Å². The molecule has 2 aliphatic rings. The molecule has 5 rings (SSSR count). The van der Waals surface area contributed by atoms with E-state index in [1.807, 2.05) is 48.9 Å². The molecule has 0 saturated heterocycles. The monoisotopic (exact) mass is 552 g/mol. The van der Waals surface area contributed by atoms with E-state index in [4.69, 9.17) is 14.2 Å². The molecule has 3 N–H and O–H groups in total. The van der Waals surface area contributed by atoms with Gasteiger partial charge in [-0.05, 0) is 80.8 Å². The highest BCUT2D eigenvalue weighted by Gasteiger charge is 2.31. The fraction of sp³-hybridized carbons (Fsp3) is 0.310. The first-order valence-corrected chi connectivity index (χ1v) is 14.1. The summed E-state index contributed by atoms with van der Waals surface area (Å²) in [6.07, 6.45) is 1.30. The summed E-state index contributed by atoms with van der Waals surface area (Å²) in [5.74, 6) is 1.66. The Morgan fingerprint density at radius 2 is 1.77 bits per heavy atom. The van der Waals surface area contributed by atoms with Gasteiger partial charge in [0.2, 0.25) is 5.88 Å². The predicted molar refractivity (Wildman–Crippen MR) is 148 cm³/mol. The topological polar surface area (TPSA) is 118 Å². The first kappa shape index (κ1) is 26.7. The van der Waals surface area contributed by atoms with Gasteiger partial charge >= 0.3 is 10.2 Å². The average molecular weight is 553 g/mol. The number of aliphatic hydroxyl groups is 2. The van der Waals surface area contributed by atoms with E-state index >= 15 is 0 Å². The van der Waals surface area contributed by atoms with E-state index in [2.05, 4.69) is 0 Å². The van der Waals surface area contributed by atoms with E-state index in [0.29, 0.717) is 31.1 Å². The van der Waals surface area contributed by atoms with Crippen LogP contribution in [0.15, 0.2) is 66.7 Å². The van der Waals surface area contributed by atoms with Crippen molar-refractivity contribution in [3.05, 3.63) is 83.4 Å². The summed E-state index contributed by atoms with van der Waals surface area (Å²) < 4.78 is 45.5. The van der Waals surface area contributed by atoms with Crippen molar-refractivity contribution in [2.75, 3.05) is 17.5 Å². The van der Waals surface area contributed by atoms with Crippen molar-refractivity contribution in [1.29, 1.82) is 0 Å². The summed E-state index contributed by atoms with van der Waals surface area (Å²) in [4.78, 5) is 0. The fourth-order valence-corrected chi connectivity index (χ4v) is 5.85. The Bertz CT molecular complexity index is 1500. The molecule has 0 bridgehead atoms. The lowest BCUT2D eigenvalue weighted by Crippen LogP contribution is -2.29. The molecular formula is C29H32N2O7S. The zero-order valence-corrected chi connectivity index (χ0v) is 23.1. The Balaban J connectivity index is 1.34. The van der Waals surface area contributed by atoms with Crippen LogP contribution in [-0.2, 0) is 10.2 Å². The van der Waals surface area contributed by atoms with Gasteiger partial charge in [-0.25, -0.2) is 9.03 Å². The van der Waals surface area contributed by atoms with Gasteiger partial charge < -0.3 is 24.4 Å². The Labute approximate surface area is 228 Å².